The van der Waals surface area contributed by atoms with Crippen molar-refractivity contribution >= 4 is 17.3 Å². The van der Waals surface area contributed by atoms with Crippen LogP contribution in [0.5, 0.6) is 5.75 Å². The third-order valence-corrected chi connectivity index (χ3v) is 3.77. The first-order valence-electron chi connectivity index (χ1n) is 6.77. The average molecular weight is 261 g/mol. The van der Waals surface area contributed by atoms with Gasteiger partial charge in [0.2, 0.25) is 0 Å². The third-order valence-electron chi connectivity index (χ3n) is 3.77. The van der Waals surface area contributed by atoms with E-state index in [1.807, 2.05) is 17.0 Å². The number of hydrogen-bond donors (Lipinski definition) is 2. The van der Waals surface area contributed by atoms with E-state index in [-0.39, 0.29) is 12.5 Å². The summed E-state index contributed by atoms with van der Waals surface area (Å²) >= 11 is 0. The number of rotatable bonds is 2. The Hall–Kier alpha value is -1.75. The van der Waals surface area contributed by atoms with Gasteiger partial charge in [0, 0.05) is 12.2 Å². The molecule has 19 heavy (non-hydrogen) atoms. The number of nitrogens with two attached hydrogens (primary N) is 1. The molecule has 0 saturated carbocycles. The molecule has 1 aromatic rings. The molecule has 1 fully saturated rings. The van der Waals surface area contributed by atoms with Gasteiger partial charge in [-0.3, -0.25) is 4.79 Å². The summed E-state index contributed by atoms with van der Waals surface area (Å²) in [6.45, 7) is 2.92. The Morgan fingerprint density at radius 2 is 2.37 bits per heavy atom. The van der Waals surface area contributed by atoms with Gasteiger partial charge in [-0.1, -0.05) is 0 Å². The second kappa shape index (κ2) is 5.09. The topological polar surface area (TPSA) is 67.6 Å². The van der Waals surface area contributed by atoms with E-state index in [9.17, 15) is 4.79 Å². The molecule has 1 unspecified atom stereocenters. The summed E-state index contributed by atoms with van der Waals surface area (Å²) in [6, 6.07) is 5.46. The maximum Gasteiger partial charge on any atom is 0.265 e. The highest BCUT2D eigenvalue weighted by atomic mass is 16.5. The minimum atomic E-state index is 0.0173. The molecule has 0 spiro atoms. The highest BCUT2D eigenvalue weighted by Crippen LogP contribution is 2.34. The Morgan fingerprint density at radius 1 is 1.47 bits per heavy atom. The number of benzene rings is 1. The number of nitrogens with zero attached hydrogens (tertiary/aromatic N) is 1. The van der Waals surface area contributed by atoms with E-state index >= 15 is 0 Å². The minimum absolute atomic E-state index is 0.0173. The van der Waals surface area contributed by atoms with Gasteiger partial charge >= 0.3 is 0 Å². The quantitative estimate of drug-likeness (QED) is 0.779. The molecule has 3 N–H and O–H groups in total. The van der Waals surface area contributed by atoms with Crippen molar-refractivity contribution in [2.24, 2.45) is 5.92 Å². The second-order valence-corrected chi connectivity index (χ2v) is 5.23. The number of amides is 1. The summed E-state index contributed by atoms with van der Waals surface area (Å²) in [7, 11) is 0. The molecule has 0 bridgehead atoms. The standard InChI is InChI=1S/C14H19N3O2/c15-11-3-4-13-12(6-11)17(14(18)9-19-13)8-10-2-1-5-16-7-10/h3-4,6,10,16H,1-2,5,7-9,15H2. The first-order valence-corrected chi connectivity index (χ1v) is 6.77. The number of anilines is 2. The molecule has 0 aliphatic carbocycles. The summed E-state index contributed by atoms with van der Waals surface area (Å²) in [5, 5.41) is 3.38. The van der Waals surface area contributed by atoms with Crippen molar-refractivity contribution in [3.05, 3.63) is 18.2 Å². The van der Waals surface area contributed by atoms with E-state index in [4.69, 9.17) is 10.5 Å². The Bertz CT molecular complexity index is 484. The van der Waals surface area contributed by atoms with Gasteiger partial charge in [0.05, 0.1) is 5.69 Å². The normalized spacial score (nSPS) is 22.8. The molecule has 1 atom stereocenters. The maximum atomic E-state index is 12.1. The van der Waals surface area contributed by atoms with Crippen molar-refractivity contribution in [3.63, 3.8) is 0 Å². The van der Waals surface area contributed by atoms with Gasteiger partial charge in [-0.15, -0.1) is 0 Å². The second-order valence-electron chi connectivity index (χ2n) is 5.23. The predicted molar refractivity (Wildman–Crippen MR) is 74.3 cm³/mol. The van der Waals surface area contributed by atoms with Crippen molar-refractivity contribution < 1.29 is 9.53 Å². The summed E-state index contributed by atoms with van der Waals surface area (Å²) < 4.78 is 5.45. The molecule has 1 aromatic carbocycles. The number of nitrogens with one attached hydrogen (secondary N) is 1. The molecule has 3 rings (SSSR count). The summed E-state index contributed by atoms with van der Waals surface area (Å²) in [6.07, 6.45) is 2.34. The molecule has 1 saturated heterocycles. The van der Waals surface area contributed by atoms with Gasteiger partial charge in [-0.05, 0) is 50.0 Å². The lowest BCUT2D eigenvalue weighted by Crippen LogP contribution is -2.45. The van der Waals surface area contributed by atoms with Crippen LogP contribution in [0.2, 0.25) is 0 Å². The highest BCUT2D eigenvalue weighted by Gasteiger charge is 2.28. The van der Waals surface area contributed by atoms with Gasteiger partial charge in [-0.25, -0.2) is 0 Å². The van der Waals surface area contributed by atoms with Crippen LogP contribution < -0.4 is 20.7 Å². The zero-order valence-corrected chi connectivity index (χ0v) is 10.9. The van der Waals surface area contributed by atoms with Gasteiger partial charge in [-0.2, -0.15) is 0 Å². The van der Waals surface area contributed by atoms with E-state index in [0.29, 0.717) is 11.6 Å². The minimum Gasteiger partial charge on any atom is -0.482 e. The van der Waals surface area contributed by atoms with E-state index < -0.39 is 0 Å². The molecule has 2 heterocycles. The zero-order chi connectivity index (χ0) is 13.2. The molecule has 0 radical (unpaired) electrons. The molecule has 0 aromatic heterocycles. The number of carbonyl (C=O) groups is 1. The predicted octanol–water partition coefficient (Wildman–Crippen LogP) is 0.994. The largest absolute Gasteiger partial charge is 0.482 e. The van der Waals surface area contributed by atoms with Gasteiger partial charge in [0.25, 0.3) is 5.91 Å². The summed E-state index contributed by atoms with van der Waals surface area (Å²) in [5.41, 5.74) is 7.28. The lowest BCUT2D eigenvalue weighted by molar-refractivity contribution is -0.121. The van der Waals surface area contributed by atoms with Crippen LogP contribution in [0.3, 0.4) is 0 Å². The fourth-order valence-electron chi connectivity index (χ4n) is 2.76. The van der Waals surface area contributed by atoms with Crippen LogP contribution in [0.1, 0.15) is 12.8 Å². The van der Waals surface area contributed by atoms with Crippen LogP contribution in [-0.4, -0.2) is 32.1 Å². The van der Waals surface area contributed by atoms with Crippen molar-refractivity contribution in [2.75, 3.05) is 36.9 Å². The van der Waals surface area contributed by atoms with Crippen LogP contribution >= 0.6 is 0 Å². The molecule has 1 amide bonds. The van der Waals surface area contributed by atoms with Crippen LogP contribution in [0, 0.1) is 5.92 Å². The number of hydrogen-bond acceptors (Lipinski definition) is 4. The van der Waals surface area contributed by atoms with Crippen LogP contribution in [0.4, 0.5) is 11.4 Å². The molecule has 102 valence electrons. The Balaban J connectivity index is 1.83. The van der Waals surface area contributed by atoms with Gasteiger partial charge in [0.15, 0.2) is 6.61 Å². The molecule has 2 aliphatic rings. The Labute approximate surface area is 112 Å². The summed E-state index contributed by atoms with van der Waals surface area (Å²) in [5.74, 6) is 1.27. The first-order chi connectivity index (χ1) is 9.24. The van der Waals surface area contributed by atoms with E-state index in [1.54, 1.807) is 6.07 Å². The van der Waals surface area contributed by atoms with Crippen molar-refractivity contribution in [3.8, 4) is 5.75 Å². The first kappa shape index (κ1) is 12.3. The number of piperidine rings is 1. The average Bonchev–Trinajstić information content (AvgIpc) is 2.43. The highest BCUT2D eigenvalue weighted by molar-refractivity contribution is 5.98. The molecular formula is C14H19N3O2. The van der Waals surface area contributed by atoms with Crippen LogP contribution in [0.25, 0.3) is 0 Å². The van der Waals surface area contributed by atoms with Gasteiger partial charge in [0.1, 0.15) is 5.75 Å². The maximum absolute atomic E-state index is 12.1. The monoisotopic (exact) mass is 261 g/mol. The fraction of sp³-hybridized carbons (Fsp3) is 0.500. The molecular weight excluding hydrogens is 242 g/mol. The van der Waals surface area contributed by atoms with Crippen LogP contribution in [0.15, 0.2) is 18.2 Å². The Morgan fingerprint density at radius 3 is 3.16 bits per heavy atom. The van der Waals surface area contributed by atoms with Crippen molar-refractivity contribution in [2.45, 2.75) is 12.8 Å². The lowest BCUT2D eigenvalue weighted by atomic mass is 9.98. The lowest BCUT2D eigenvalue weighted by Gasteiger charge is -2.34. The van der Waals surface area contributed by atoms with Crippen molar-refractivity contribution in [1.82, 2.24) is 5.32 Å². The van der Waals surface area contributed by atoms with E-state index in [1.165, 1.54) is 6.42 Å². The number of carbonyl (C=O) groups excluding carboxylic acids is 1. The molecule has 2 aliphatic heterocycles. The van der Waals surface area contributed by atoms with Gasteiger partial charge < -0.3 is 20.7 Å². The SMILES string of the molecule is Nc1ccc2c(c1)N(CC1CCCNC1)C(=O)CO2. The molecule has 5 nitrogen and oxygen atoms in total. The molecule has 5 heteroatoms. The van der Waals surface area contributed by atoms with Crippen LogP contribution in [-0.2, 0) is 4.79 Å². The third kappa shape index (κ3) is 2.51. The number of fused-ring (bicyclic) bond motifs is 1. The van der Waals surface area contributed by atoms with E-state index in [2.05, 4.69) is 5.32 Å². The van der Waals surface area contributed by atoms with E-state index in [0.717, 1.165) is 37.5 Å². The van der Waals surface area contributed by atoms with Crippen molar-refractivity contribution in [1.29, 1.82) is 0 Å². The number of ether oxygens (including phenoxy) is 1. The zero-order valence-electron chi connectivity index (χ0n) is 10.9. The fourth-order valence-corrected chi connectivity index (χ4v) is 2.76. The Kier molecular flexibility index (Phi) is 3.29. The summed E-state index contributed by atoms with van der Waals surface area (Å²) in [4.78, 5) is 13.9. The number of nitrogen functional groups attached to an aromatic ring is 1. The smallest absolute Gasteiger partial charge is 0.265 e.